The lowest BCUT2D eigenvalue weighted by molar-refractivity contribution is -0.120. The lowest BCUT2D eigenvalue weighted by Gasteiger charge is -2.12. The van der Waals surface area contributed by atoms with Gasteiger partial charge in [0.2, 0.25) is 5.91 Å². The van der Waals surface area contributed by atoms with Crippen LogP contribution in [0.1, 0.15) is 12.5 Å². The van der Waals surface area contributed by atoms with Gasteiger partial charge in [0, 0.05) is 18.9 Å². The van der Waals surface area contributed by atoms with Gasteiger partial charge in [-0.05, 0) is 48.9 Å². The first-order chi connectivity index (χ1) is 15.0. The molecule has 0 aliphatic carbocycles. The van der Waals surface area contributed by atoms with Crippen molar-refractivity contribution in [1.29, 1.82) is 0 Å². The smallest absolute Gasteiger partial charge is 0.353 e. The van der Waals surface area contributed by atoms with Crippen molar-refractivity contribution in [3.05, 3.63) is 66.5 Å². The highest BCUT2D eigenvalue weighted by Gasteiger charge is 2.19. The van der Waals surface area contributed by atoms with E-state index in [1.807, 2.05) is 48.5 Å². The standard InChI is InChI=1S/C21H23N4O5P/c1-2-29-31(27,28)30-12-11-24-21(26)15-16-13-19(17-7-3-5-9-22-17)25-20(14-16)18-8-4-6-10-23-18/h3-10,13-14H,2,11-12,15H2,1H3,(H,24,26)(H,27,28). The van der Waals surface area contributed by atoms with Crippen LogP contribution in [0.25, 0.3) is 22.8 Å². The number of phosphoric acid groups is 1. The summed E-state index contributed by atoms with van der Waals surface area (Å²) in [6.07, 6.45) is 3.45. The summed E-state index contributed by atoms with van der Waals surface area (Å²) in [5.41, 5.74) is 3.37. The highest BCUT2D eigenvalue weighted by molar-refractivity contribution is 7.47. The van der Waals surface area contributed by atoms with Gasteiger partial charge >= 0.3 is 7.82 Å². The zero-order chi connectivity index (χ0) is 22.1. The number of hydrogen-bond acceptors (Lipinski definition) is 7. The minimum atomic E-state index is -4.07. The molecule has 0 aliphatic heterocycles. The van der Waals surface area contributed by atoms with E-state index in [2.05, 4.69) is 24.8 Å². The highest BCUT2D eigenvalue weighted by atomic mass is 31.2. The van der Waals surface area contributed by atoms with Crippen LogP contribution in [0.15, 0.2) is 60.9 Å². The Hall–Kier alpha value is -2.97. The minimum absolute atomic E-state index is 0.0549. The van der Waals surface area contributed by atoms with Gasteiger partial charge in [0.15, 0.2) is 0 Å². The maximum absolute atomic E-state index is 12.4. The average molecular weight is 442 g/mol. The van der Waals surface area contributed by atoms with E-state index in [9.17, 15) is 14.3 Å². The molecule has 0 saturated heterocycles. The summed E-state index contributed by atoms with van der Waals surface area (Å²) in [6, 6.07) is 14.7. The Labute approximate surface area is 180 Å². The molecule has 3 aromatic rings. The molecule has 0 spiro atoms. The van der Waals surface area contributed by atoms with E-state index in [0.717, 1.165) is 5.56 Å². The summed E-state index contributed by atoms with van der Waals surface area (Å²) >= 11 is 0. The van der Waals surface area contributed by atoms with Crippen LogP contribution in [-0.4, -0.2) is 45.5 Å². The number of carbonyl (C=O) groups excluding carboxylic acids is 1. The van der Waals surface area contributed by atoms with Gasteiger partial charge in [0.05, 0.1) is 42.4 Å². The number of phosphoric ester groups is 1. The van der Waals surface area contributed by atoms with Crippen LogP contribution in [-0.2, 0) is 24.8 Å². The van der Waals surface area contributed by atoms with Crippen molar-refractivity contribution < 1.29 is 23.3 Å². The van der Waals surface area contributed by atoms with Gasteiger partial charge < -0.3 is 10.2 Å². The summed E-state index contributed by atoms with van der Waals surface area (Å²) in [4.78, 5) is 35.1. The van der Waals surface area contributed by atoms with Crippen LogP contribution in [0, 0.1) is 0 Å². The number of hydrogen-bond donors (Lipinski definition) is 2. The number of aromatic nitrogens is 3. The van der Waals surface area contributed by atoms with Gasteiger partial charge in [-0.2, -0.15) is 0 Å². The Morgan fingerprint density at radius 2 is 1.61 bits per heavy atom. The first-order valence-corrected chi connectivity index (χ1v) is 11.2. The first kappa shape index (κ1) is 22.7. The number of rotatable bonds is 10. The average Bonchev–Trinajstić information content (AvgIpc) is 2.78. The molecule has 9 nitrogen and oxygen atoms in total. The van der Waals surface area contributed by atoms with Crippen LogP contribution in [0.3, 0.4) is 0 Å². The summed E-state index contributed by atoms with van der Waals surface area (Å²) in [6.45, 7) is 1.57. The normalized spacial score (nSPS) is 12.8. The molecule has 3 heterocycles. The van der Waals surface area contributed by atoms with E-state index in [1.165, 1.54) is 0 Å². The molecule has 1 unspecified atom stereocenters. The Morgan fingerprint density at radius 3 is 2.13 bits per heavy atom. The minimum Gasteiger partial charge on any atom is -0.353 e. The molecule has 162 valence electrons. The maximum Gasteiger partial charge on any atom is 0.472 e. The fourth-order valence-corrected chi connectivity index (χ4v) is 3.50. The Morgan fingerprint density at radius 1 is 1.00 bits per heavy atom. The predicted octanol–water partition coefficient (Wildman–Crippen LogP) is 3.02. The van der Waals surface area contributed by atoms with Gasteiger partial charge in [-0.1, -0.05) is 12.1 Å². The van der Waals surface area contributed by atoms with Crippen molar-refractivity contribution in [3.8, 4) is 22.8 Å². The fraction of sp³-hybridized carbons (Fsp3) is 0.238. The number of nitrogens with zero attached hydrogens (tertiary/aromatic N) is 3. The second kappa shape index (κ2) is 10.9. The third-order valence-corrected chi connectivity index (χ3v) is 5.17. The molecule has 0 aromatic carbocycles. The summed E-state index contributed by atoms with van der Waals surface area (Å²) in [7, 11) is -4.07. The number of carbonyl (C=O) groups is 1. The lowest BCUT2D eigenvalue weighted by Crippen LogP contribution is -2.28. The lowest BCUT2D eigenvalue weighted by atomic mass is 10.1. The number of pyridine rings is 3. The number of amides is 1. The van der Waals surface area contributed by atoms with Crippen LogP contribution >= 0.6 is 7.82 Å². The summed E-state index contributed by atoms with van der Waals surface area (Å²) < 4.78 is 20.8. The molecule has 3 aromatic heterocycles. The molecule has 2 N–H and O–H groups in total. The van der Waals surface area contributed by atoms with E-state index in [4.69, 9.17) is 4.52 Å². The van der Waals surface area contributed by atoms with E-state index in [1.54, 1.807) is 19.3 Å². The molecule has 10 heteroatoms. The van der Waals surface area contributed by atoms with Crippen molar-refractivity contribution in [3.63, 3.8) is 0 Å². The molecule has 0 saturated carbocycles. The van der Waals surface area contributed by atoms with Crippen molar-refractivity contribution >= 4 is 13.7 Å². The third-order valence-electron chi connectivity index (χ3n) is 4.08. The molecular formula is C21H23N4O5P. The van der Waals surface area contributed by atoms with Gasteiger partial charge in [0.1, 0.15) is 0 Å². The van der Waals surface area contributed by atoms with Crippen LogP contribution in [0.4, 0.5) is 0 Å². The van der Waals surface area contributed by atoms with E-state index < -0.39 is 7.82 Å². The Balaban J connectivity index is 1.71. The Kier molecular flexibility index (Phi) is 7.97. The van der Waals surface area contributed by atoms with Crippen molar-refractivity contribution in [2.45, 2.75) is 13.3 Å². The molecule has 0 fully saturated rings. The van der Waals surface area contributed by atoms with Crippen LogP contribution in [0.5, 0.6) is 0 Å². The van der Waals surface area contributed by atoms with Gasteiger partial charge in [-0.25, -0.2) is 9.55 Å². The molecular weight excluding hydrogens is 419 g/mol. The molecule has 3 rings (SSSR count). The van der Waals surface area contributed by atoms with E-state index in [0.29, 0.717) is 22.8 Å². The van der Waals surface area contributed by atoms with Gasteiger partial charge in [-0.3, -0.25) is 23.8 Å². The molecule has 31 heavy (non-hydrogen) atoms. The van der Waals surface area contributed by atoms with E-state index in [-0.39, 0.29) is 32.1 Å². The van der Waals surface area contributed by atoms with Crippen molar-refractivity contribution in [1.82, 2.24) is 20.3 Å². The zero-order valence-corrected chi connectivity index (χ0v) is 17.9. The van der Waals surface area contributed by atoms with Crippen LogP contribution < -0.4 is 5.32 Å². The second-order valence-corrected chi connectivity index (χ2v) is 7.88. The first-order valence-electron chi connectivity index (χ1n) is 9.69. The third kappa shape index (κ3) is 7.04. The number of nitrogens with one attached hydrogen (secondary N) is 1. The quantitative estimate of drug-likeness (QED) is 0.363. The molecule has 1 atom stereocenters. The second-order valence-electron chi connectivity index (χ2n) is 6.42. The highest BCUT2D eigenvalue weighted by Crippen LogP contribution is 2.42. The van der Waals surface area contributed by atoms with Crippen LogP contribution in [0.2, 0.25) is 0 Å². The summed E-state index contributed by atoms with van der Waals surface area (Å²) in [5.74, 6) is -0.266. The van der Waals surface area contributed by atoms with Crippen molar-refractivity contribution in [2.75, 3.05) is 19.8 Å². The van der Waals surface area contributed by atoms with E-state index >= 15 is 0 Å². The van der Waals surface area contributed by atoms with Gasteiger partial charge in [0.25, 0.3) is 0 Å². The molecule has 0 aliphatic rings. The van der Waals surface area contributed by atoms with Crippen molar-refractivity contribution in [2.24, 2.45) is 0 Å². The molecule has 0 radical (unpaired) electrons. The Bertz CT molecular complexity index is 992. The largest absolute Gasteiger partial charge is 0.472 e. The fourth-order valence-electron chi connectivity index (χ4n) is 2.78. The molecule has 1 amide bonds. The monoisotopic (exact) mass is 442 g/mol. The topological polar surface area (TPSA) is 124 Å². The zero-order valence-electron chi connectivity index (χ0n) is 17.0. The maximum atomic E-state index is 12.4. The predicted molar refractivity (Wildman–Crippen MR) is 115 cm³/mol. The van der Waals surface area contributed by atoms with Gasteiger partial charge in [-0.15, -0.1) is 0 Å². The summed E-state index contributed by atoms with van der Waals surface area (Å²) in [5, 5.41) is 2.66. The SMILES string of the molecule is CCOP(=O)(O)OCCNC(=O)Cc1cc(-c2ccccn2)nc(-c2ccccn2)c1. The molecule has 0 bridgehead atoms.